The first-order valence-electron chi connectivity index (χ1n) is 9.02. The number of aliphatic imine (C=N–C) groups is 1. The van der Waals surface area contributed by atoms with Crippen LogP contribution in [0.4, 0.5) is 0 Å². The number of guanidine groups is 1. The van der Waals surface area contributed by atoms with Crippen LogP contribution in [0.15, 0.2) is 52.8 Å². The molecule has 5 nitrogen and oxygen atoms in total. The minimum Gasteiger partial charge on any atom is -0.383 e. The van der Waals surface area contributed by atoms with Crippen LogP contribution in [0.5, 0.6) is 0 Å². The summed E-state index contributed by atoms with van der Waals surface area (Å²) in [5.41, 5.74) is 0.364. The number of rotatable bonds is 9. The van der Waals surface area contributed by atoms with Crippen molar-refractivity contribution in [2.75, 3.05) is 33.2 Å². The van der Waals surface area contributed by atoms with Crippen LogP contribution in [0, 0.1) is 0 Å². The highest BCUT2D eigenvalue weighted by Gasteiger charge is 2.23. The molecule has 6 heteroatoms. The molecule has 1 aromatic carbocycles. The topological polar surface area (TPSA) is 59.9 Å². The van der Waals surface area contributed by atoms with Crippen molar-refractivity contribution in [3.63, 3.8) is 0 Å². The van der Waals surface area contributed by atoms with E-state index in [1.807, 2.05) is 30.5 Å². The van der Waals surface area contributed by atoms with Crippen molar-refractivity contribution in [3.8, 4) is 0 Å². The summed E-state index contributed by atoms with van der Waals surface area (Å²) >= 11 is 1.55. The average Bonchev–Trinajstić information content (AvgIpc) is 3.16. The number of nitrogens with zero attached hydrogens (tertiary/aromatic N) is 2. The van der Waals surface area contributed by atoms with Crippen molar-refractivity contribution in [2.24, 2.45) is 4.99 Å². The molecular weight excluding hydrogens is 344 g/mol. The largest absolute Gasteiger partial charge is 0.383 e. The van der Waals surface area contributed by atoms with Gasteiger partial charge >= 0.3 is 0 Å². The zero-order chi connectivity index (χ0) is 18.8. The van der Waals surface area contributed by atoms with Crippen molar-refractivity contribution in [2.45, 2.75) is 26.0 Å². The van der Waals surface area contributed by atoms with Gasteiger partial charge in [-0.15, -0.1) is 11.3 Å². The third-order valence-electron chi connectivity index (χ3n) is 4.02. The molecule has 0 aliphatic carbocycles. The summed E-state index contributed by atoms with van der Waals surface area (Å²) in [6.07, 6.45) is 0. The van der Waals surface area contributed by atoms with E-state index in [4.69, 9.17) is 0 Å². The van der Waals surface area contributed by atoms with Gasteiger partial charge in [-0.3, -0.25) is 0 Å². The highest BCUT2D eigenvalue weighted by Crippen LogP contribution is 2.25. The standard InChI is InChI=1S/C20H30N4OS/c1-4-21-19(23-16-20(2,25)18-11-8-14-26-18)22-12-13-24(3)15-17-9-6-5-7-10-17/h5-11,14,25H,4,12-13,15-16H2,1-3H3,(H2,21,22,23). The molecule has 1 unspecified atom stereocenters. The minimum absolute atomic E-state index is 0.322. The Morgan fingerprint density at radius 3 is 2.62 bits per heavy atom. The van der Waals surface area contributed by atoms with Crippen molar-refractivity contribution in [1.82, 2.24) is 15.5 Å². The lowest BCUT2D eigenvalue weighted by atomic mass is 10.1. The van der Waals surface area contributed by atoms with E-state index in [2.05, 4.69) is 51.8 Å². The number of benzene rings is 1. The van der Waals surface area contributed by atoms with Crippen LogP contribution in [-0.4, -0.2) is 49.2 Å². The van der Waals surface area contributed by atoms with Crippen molar-refractivity contribution in [1.29, 1.82) is 0 Å². The summed E-state index contributed by atoms with van der Waals surface area (Å²) in [7, 11) is 2.11. The number of likely N-dealkylation sites (N-methyl/N-ethyl adjacent to an activating group) is 1. The maximum absolute atomic E-state index is 10.6. The second-order valence-electron chi connectivity index (χ2n) is 6.60. The van der Waals surface area contributed by atoms with Gasteiger partial charge in [-0.05, 0) is 37.9 Å². The van der Waals surface area contributed by atoms with Crippen molar-refractivity contribution < 1.29 is 5.11 Å². The normalized spacial score (nSPS) is 14.3. The van der Waals surface area contributed by atoms with Crippen LogP contribution in [0.3, 0.4) is 0 Å². The molecule has 26 heavy (non-hydrogen) atoms. The van der Waals surface area contributed by atoms with E-state index in [1.54, 1.807) is 18.3 Å². The molecule has 1 aromatic heterocycles. The lowest BCUT2D eigenvalue weighted by Crippen LogP contribution is -2.41. The molecule has 0 amide bonds. The molecule has 0 aliphatic rings. The minimum atomic E-state index is -0.944. The predicted octanol–water partition coefficient (Wildman–Crippen LogP) is 2.64. The van der Waals surface area contributed by atoms with Crippen LogP contribution in [0.25, 0.3) is 0 Å². The van der Waals surface area contributed by atoms with Crippen LogP contribution >= 0.6 is 11.3 Å². The van der Waals surface area contributed by atoms with Crippen LogP contribution < -0.4 is 10.6 Å². The Morgan fingerprint density at radius 2 is 1.96 bits per heavy atom. The van der Waals surface area contributed by atoms with Gasteiger partial charge in [-0.1, -0.05) is 36.4 Å². The summed E-state index contributed by atoms with van der Waals surface area (Å²) in [4.78, 5) is 7.76. The molecule has 0 saturated carbocycles. The predicted molar refractivity (Wildman–Crippen MR) is 111 cm³/mol. The summed E-state index contributed by atoms with van der Waals surface area (Å²) in [5.74, 6) is 0.734. The summed E-state index contributed by atoms with van der Waals surface area (Å²) < 4.78 is 0. The SMILES string of the molecule is CCNC(=NCC(C)(O)c1cccs1)NCCN(C)Cc1ccccc1. The van der Waals surface area contributed by atoms with Gasteiger partial charge in [0.2, 0.25) is 0 Å². The number of aliphatic hydroxyl groups is 1. The Morgan fingerprint density at radius 1 is 1.19 bits per heavy atom. The zero-order valence-corrected chi connectivity index (χ0v) is 16.7. The number of nitrogens with one attached hydrogen (secondary N) is 2. The Bertz CT molecular complexity index is 656. The molecule has 2 rings (SSSR count). The molecule has 1 heterocycles. The number of hydrogen-bond donors (Lipinski definition) is 3. The smallest absolute Gasteiger partial charge is 0.191 e. The van der Waals surface area contributed by atoms with E-state index < -0.39 is 5.60 Å². The van der Waals surface area contributed by atoms with E-state index in [1.165, 1.54) is 5.56 Å². The molecule has 3 N–H and O–H groups in total. The third kappa shape index (κ3) is 6.78. The highest BCUT2D eigenvalue weighted by molar-refractivity contribution is 7.10. The maximum atomic E-state index is 10.6. The zero-order valence-electron chi connectivity index (χ0n) is 15.9. The first-order chi connectivity index (χ1) is 12.5. The van der Waals surface area contributed by atoms with Crippen LogP contribution in [-0.2, 0) is 12.1 Å². The van der Waals surface area contributed by atoms with Gasteiger partial charge in [0.05, 0.1) is 6.54 Å². The quantitative estimate of drug-likeness (QED) is 0.466. The summed E-state index contributed by atoms with van der Waals surface area (Å²) in [6, 6.07) is 14.3. The van der Waals surface area contributed by atoms with Gasteiger partial charge in [0, 0.05) is 31.1 Å². The lowest BCUT2D eigenvalue weighted by Gasteiger charge is -2.21. The third-order valence-corrected chi connectivity index (χ3v) is 5.15. The first kappa shape index (κ1) is 20.4. The highest BCUT2D eigenvalue weighted by atomic mass is 32.1. The molecule has 1 atom stereocenters. The van der Waals surface area contributed by atoms with Gasteiger partial charge in [0.15, 0.2) is 5.96 Å². The first-order valence-corrected chi connectivity index (χ1v) is 9.90. The van der Waals surface area contributed by atoms with Crippen molar-refractivity contribution >= 4 is 17.3 Å². The van der Waals surface area contributed by atoms with Crippen molar-refractivity contribution in [3.05, 3.63) is 58.3 Å². The number of thiophene rings is 1. The molecular formula is C20H30N4OS. The Labute approximate surface area is 160 Å². The molecule has 0 radical (unpaired) electrons. The van der Waals surface area contributed by atoms with E-state index in [9.17, 15) is 5.11 Å². The molecule has 0 fully saturated rings. The monoisotopic (exact) mass is 374 g/mol. The van der Waals surface area contributed by atoms with E-state index in [0.717, 1.165) is 37.0 Å². The molecule has 142 valence electrons. The van der Waals surface area contributed by atoms with E-state index in [-0.39, 0.29) is 0 Å². The second-order valence-corrected chi connectivity index (χ2v) is 7.54. The average molecular weight is 375 g/mol. The number of hydrogen-bond acceptors (Lipinski definition) is 4. The van der Waals surface area contributed by atoms with E-state index in [0.29, 0.717) is 6.54 Å². The molecule has 0 spiro atoms. The Hall–Kier alpha value is -1.89. The Kier molecular flexibility index (Phi) is 8.09. The van der Waals surface area contributed by atoms with Crippen LogP contribution in [0.1, 0.15) is 24.3 Å². The fraction of sp³-hybridized carbons (Fsp3) is 0.450. The fourth-order valence-electron chi connectivity index (χ4n) is 2.58. The summed E-state index contributed by atoms with van der Waals surface area (Å²) in [5, 5.41) is 19.2. The van der Waals surface area contributed by atoms with Gasteiger partial charge in [0.25, 0.3) is 0 Å². The molecule has 0 saturated heterocycles. The van der Waals surface area contributed by atoms with E-state index >= 15 is 0 Å². The summed E-state index contributed by atoms with van der Waals surface area (Å²) in [6.45, 7) is 7.56. The Balaban J connectivity index is 1.81. The molecule has 0 aliphatic heterocycles. The lowest BCUT2D eigenvalue weighted by molar-refractivity contribution is 0.0711. The molecule has 0 bridgehead atoms. The van der Waals surface area contributed by atoms with Gasteiger partial charge in [-0.2, -0.15) is 0 Å². The fourth-order valence-corrected chi connectivity index (χ4v) is 3.36. The van der Waals surface area contributed by atoms with Crippen LogP contribution in [0.2, 0.25) is 0 Å². The second kappa shape index (κ2) is 10.3. The molecule has 2 aromatic rings. The van der Waals surface area contributed by atoms with Gasteiger partial charge < -0.3 is 20.6 Å². The maximum Gasteiger partial charge on any atom is 0.191 e. The van der Waals surface area contributed by atoms with Gasteiger partial charge in [-0.25, -0.2) is 4.99 Å². The van der Waals surface area contributed by atoms with Gasteiger partial charge in [0.1, 0.15) is 5.60 Å².